The highest BCUT2D eigenvalue weighted by atomic mass is 16.9. The third-order valence-corrected chi connectivity index (χ3v) is 5.22. The van der Waals surface area contributed by atoms with E-state index in [1.165, 1.54) is 0 Å². The number of fused-ring (bicyclic) bond motifs is 1. The van der Waals surface area contributed by atoms with Gasteiger partial charge < -0.3 is 38.0 Å². The summed E-state index contributed by atoms with van der Waals surface area (Å²) in [7, 11) is 0. The average Bonchev–Trinajstić information content (AvgIpc) is 3.14. The Morgan fingerprint density at radius 3 is 2.60 bits per heavy atom. The molecule has 0 amide bonds. The largest absolute Gasteiger partial charge is 0.461 e. The minimum atomic E-state index is -1.19. The number of rotatable bonds is 4. The number of carbonyl (C=O) groups excluding carboxylic acids is 1. The normalized spacial score (nSPS) is 39.1. The maximum Gasteiger partial charge on any atom is 0.360 e. The van der Waals surface area contributed by atoms with Crippen LogP contribution in [0.5, 0.6) is 0 Å². The van der Waals surface area contributed by atoms with E-state index in [0.29, 0.717) is 5.57 Å². The Labute approximate surface area is 175 Å². The van der Waals surface area contributed by atoms with Crippen LogP contribution >= 0.6 is 0 Å². The molecule has 0 saturated carbocycles. The minimum absolute atomic E-state index is 0.0739. The number of esters is 1. The van der Waals surface area contributed by atoms with Crippen LogP contribution in [0.3, 0.4) is 0 Å². The van der Waals surface area contributed by atoms with Crippen molar-refractivity contribution in [3.05, 3.63) is 11.6 Å². The van der Waals surface area contributed by atoms with E-state index in [0.717, 1.165) is 0 Å². The Kier molecular flexibility index (Phi) is 5.44. The van der Waals surface area contributed by atoms with Crippen LogP contribution in [0.15, 0.2) is 16.8 Å². The van der Waals surface area contributed by atoms with E-state index in [-0.39, 0.29) is 31.6 Å². The van der Waals surface area contributed by atoms with Crippen LogP contribution in [-0.2, 0) is 42.8 Å². The highest BCUT2D eigenvalue weighted by molar-refractivity contribution is 6.41. The third-order valence-electron chi connectivity index (χ3n) is 5.22. The first-order chi connectivity index (χ1) is 14.0. The molecule has 5 atom stereocenters. The van der Waals surface area contributed by atoms with Crippen LogP contribution in [-0.4, -0.2) is 73.5 Å². The molecular weight excluding hydrogens is 398 g/mol. The van der Waals surface area contributed by atoms with E-state index < -0.39 is 41.8 Å². The Morgan fingerprint density at radius 1 is 1.20 bits per heavy atom. The average molecular weight is 427 g/mol. The molecule has 0 aromatic heterocycles. The van der Waals surface area contributed by atoms with Crippen molar-refractivity contribution in [3.63, 3.8) is 0 Å². The van der Waals surface area contributed by atoms with E-state index in [4.69, 9.17) is 38.0 Å². The lowest BCUT2D eigenvalue weighted by Crippen LogP contribution is -2.63. The quantitative estimate of drug-likeness (QED) is 0.619. The lowest BCUT2D eigenvalue weighted by molar-refractivity contribution is -0.352. The molecule has 1 unspecified atom stereocenters. The predicted octanol–water partition coefficient (Wildman–Crippen LogP) is 1.62. The molecule has 0 aromatic carbocycles. The van der Waals surface area contributed by atoms with Crippen LogP contribution in [0.25, 0.3) is 0 Å². The fourth-order valence-electron chi connectivity index (χ4n) is 4.01. The molecule has 3 saturated heterocycles. The van der Waals surface area contributed by atoms with Gasteiger partial charge in [0.2, 0.25) is 12.1 Å². The van der Waals surface area contributed by atoms with Crippen LogP contribution in [0.4, 0.5) is 0 Å². The molecule has 4 aliphatic heterocycles. The first-order valence-electron chi connectivity index (χ1n) is 10.1. The zero-order valence-electron chi connectivity index (χ0n) is 18.1. The zero-order chi connectivity index (χ0) is 21.7. The topological polar surface area (TPSA) is 103 Å². The van der Waals surface area contributed by atoms with Gasteiger partial charge in [0.1, 0.15) is 24.9 Å². The standard InChI is InChI=1S/C20H29NO9/c1-7-23-16(22)12-8-11(2)17(29-21-12)26-15-14-13(27-19(5,6)28-14)9-24-20(15)10-25-18(3,4)30-20/h8,13-15,17H,7,9-10H2,1-6H3/t13-,14-,15+,17?,20+/m1/s1. The van der Waals surface area contributed by atoms with Gasteiger partial charge in [0, 0.05) is 0 Å². The van der Waals surface area contributed by atoms with Crippen molar-refractivity contribution in [2.75, 3.05) is 19.8 Å². The first-order valence-corrected chi connectivity index (χ1v) is 10.1. The van der Waals surface area contributed by atoms with Crippen molar-refractivity contribution in [2.45, 2.75) is 83.5 Å². The number of carbonyl (C=O) groups is 1. The second kappa shape index (κ2) is 7.54. The molecule has 0 radical (unpaired) electrons. The molecule has 10 heteroatoms. The summed E-state index contributed by atoms with van der Waals surface area (Å²) in [5.74, 6) is -3.40. The van der Waals surface area contributed by atoms with E-state index in [9.17, 15) is 4.79 Å². The molecule has 3 fully saturated rings. The number of ether oxygens (including phenoxy) is 7. The van der Waals surface area contributed by atoms with Crippen molar-refractivity contribution in [1.82, 2.24) is 0 Å². The number of nitrogens with zero attached hydrogens (tertiary/aromatic N) is 1. The summed E-state index contributed by atoms with van der Waals surface area (Å²) in [5.41, 5.74) is 0.714. The van der Waals surface area contributed by atoms with Crippen LogP contribution in [0, 0.1) is 0 Å². The lowest BCUT2D eigenvalue weighted by Gasteiger charge is -2.44. The molecule has 168 valence electrons. The monoisotopic (exact) mass is 427 g/mol. The smallest absolute Gasteiger partial charge is 0.360 e. The third kappa shape index (κ3) is 4.00. The number of hydrogen-bond acceptors (Lipinski definition) is 10. The minimum Gasteiger partial charge on any atom is -0.461 e. The van der Waals surface area contributed by atoms with Crippen LogP contribution in [0.2, 0.25) is 0 Å². The molecule has 0 aromatic rings. The predicted molar refractivity (Wildman–Crippen MR) is 101 cm³/mol. The Bertz CT molecular complexity index is 759. The van der Waals surface area contributed by atoms with E-state index in [1.54, 1.807) is 19.9 Å². The van der Waals surface area contributed by atoms with E-state index in [1.807, 2.05) is 27.7 Å². The van der Waals surface area contributed by atoms with Gasteiger partial charge in [-0.05, 0) is 53.2 Å². The second-order valence-electron chi connectivity index (χ2n) is 8.63. The molecule has 0 aliphatic carbocycles. The summed E-state index contributed by atoms with van der Waals surface area (Å²) >= 11 is 0. The molecule has 4 aliphatic rings. The Morgan fingerprint density at radius 2 is 1.97 bits per heavy atom. The van der Waals surface area contributed by atoms with Crippen molar-refractivity contribution >= 4 is 11.7 Å². The molecule has 4 heterocycles. The summed E-state index contributed by atoms with van der Waals surface area (Å²) in [4.78, 5) is 17.4. The summed E-state index contributed by atoms with van der Waals surface area (Å²) in [5, 5.41) is 3.86. The highest BCUT2D eigenvalue weighted by Gasteiger charge is 2.64. The van der Waals surface area contributed by atoms with Crippen molar-refractivity contribution in [3.8, 4) is 0 Å². The second-order valence-corrected chi connectivity index (χ2v) is 8.63. The van der Waals surface area contributed by atoms with Gasteiger partial charge >= 0.3 is 5.97 Å². The molecule has 10 nitrogen and oxygen atoms in total. The fourth-order valence-corrected chi connectivity index (χ4v) is 4.01. The van der Waals surface area contributed by atoms with Crippen molar-refractivity contribution in [2.24, 2.45) is 5.16 Å². The Balaban J connectivity index is 1.56. The number of oxime groups is 1. The fraction of sp³-hybridized carbons (Fsp3) is 0.800. The van der Waals surface area contributed by atoms with Gasteiger partial charge in [0.25, 0.3) is 0 Å². The van der Waals surface area contributed by atoms with Gasteiger partial charge in [0.05, 0.1) is 13.2 Å². The van der Waals surface area contributed by atoms with Gasteiger partial charge in [-0.2, -0.15) is 0 Å². The molecular formula is C20H29NO9. The highest BCUT2D eigenvalue weighted by Crippen LogP contribution is 2.46. The maximum absolute atomic E-state index is 11.9. The molecule has 0 bridgehead atoms. The van der Waals surface area contributed by atoms with Gasteiger partial charge in [-0.25, -0.2) is 4.79 Å². The van der Waals surface area contributed by atoms with Gasteiger partial charge in [-0.15, -0.1) is 0 Å². The summed E-state index contributed by atoms with van der Waals surface area (Å²) in [6.07, 6.45) is -0.835. The molecule has 1 spiro atoms. The molecule has 30 heavy (non-hydrogen) atoms. The maximum atomic E-state index is 11.9. The SMILES string of the molecule is CCOC(=O)C1=NOC(O[C@H]2[C@@H]3OC(C)(C)O[C@@H]3CO[C@]23COC(C)(C)O3)C(C)=C1. The van der Waals surface area contributed by atoms with E-state index >= 15 is 0 Å². The van der Waals surface area contributed by atoms with E-state index in [2.05, 4.69) is 5.16 Å². The van der Waals surface area contributed by atoms with Gasteiger partial charge in [0.15, 0.2) is 17.3 Å². The van der Waals surface area contributed by atoms with Crippen molar-refractivity contribution in [1.29, 1.82) is 0 Å². The van der Waals surface area contributed by atoms with Gasteiger partial charge in [-0.1, -0.05) is 5.16 Å². The summed E-state index contributed by atoms with van der Waals surface area (Å²) < 4.78 is 41.4. The Hall–Kier alpha value is -1.56. The van der Waals surface area contributed by atoms with Gasteiger partial charge in [-0.3, -0.25) is 0 Å². The first kappa shape index (κ1) is 21.7. The van der Waals surface area contributed by atoms with Crippen molar-refractivity contribution < 1.29 is 42.8 Å². The summed E-state index contributed by atoms with van der Waals surface area (Å²) in [6.45, 7) is 11.5. The van der Waals surface area contributed by atoms with Crippen LogP contribution in [0.1, 0.15) is 41.5 Å². The number of hydrogen-bond donors (Lipinski definition) is 0. The summed E-state index contributed by atoms with van der Waals surface area (Å²) in [6, 6.07) is 0. The zero-order valence-corrected chi connectivity index (χ0v) is 18.1. The molecule has 0 N–H and O–H groups in total. The molecule has 4 rings (SSSR count). The van der Waals surface area contributed by atoms with Crippen LogP contribution < -0.4 is 0 Å². The lowest BCUT2D eigenvalue weighted by atomic mass is 9.97.